The number of hydrogen-bond acceptors (Lipinski definition) is 3. The topological polar surface area (TPSA) is 62.2 Å². The molecule has 0 amide bonds. The number of unbranched alkanes of at least 4 members (excludes halogenated alkanes) is 1. The maximum Gasteiger partial charge on any atom is 0.354 e. The highest BCUT2D eigenvalue weighted by atomic mass is 16.4. The summed E-state index contributed by atoms with van der Waals surface area (Å²) in [6.07, 6.45) is 6.78. The largest absolute Gasteiger partial charge is 0.477 e. The van der Waals surface area contributed by atoms with Gasteiger partial charge in [-0.25, -0.2) is 9.78 Å². The molecule has 1 rings (SSSR count). The van der Waals surface area contributed by atoms with Crippen LogP contribution in [0.1, 0.15) is 29.0 Å². The van der Waals surface area contributed by atoms with Gasteiger partial charge in [0.15, 0.2) is 0 Å². The number of terminal acetylenes is 1. The molecule has 0 radical (unpaired) electrons. The lowest BCUT2D eigenvalue weighted by Gasteiger charge is -2.03. The number of rotatable bonds is 6. The summed E-state index contributed by atoms with van der Waals surface area (Å²) in [4.78, 5) is 14.7. The van der Waals surface area contributed by atoms with Gasteiger partial charge in [0.05, 0.1) is 5.69 Å². The van der Waals surface area contributed by atoms with Gasteiger partial charge < -0.3 is 10.4 Å². The zero-order valence-corrected chi connectivity index (χ0v) is 8.94. The van der Waals surface area contributed by atoms with Gasteiger partial charge in [-0.3, -0.25) is 0 Å². The number of aromatic nitrogens is 1. The summed E-state index contributed by atoms with van der Waals surface area (Å²) in [5, 5.41) is 11.9. The van der Waals surface area contributed by atoms with E-state index in [1.54, 1.807) is 12.1 Å². The van der Waals surface area contributed by atoms with Crippen LogP contribution in [0.5, 0.6) is 0 Å². The fourth-order valence-electron chi connectivity index (χ4n) is 1.23. The minimum Gasteiger partial charge on any atom is -0.477 e. The Hall–Kier alpha value is -1.86. The zero-order valence-electron chi connectivity index (χ0n) is 8.94. The maximum absolute atomic E-state index is 10.7. The molecule has 1 heterocycles. The molecule has 1 aromatic heterocycles. The van der Waals surface area contributed by atoms with Crippen LogP contribution in [0, 0.1) is 12.3 Å². The molecule has 0 saturated heterocycles. The average molecular weight is 218 g/mol. The summed E-state index contributed by atoms with van der Waals surface area (Å²) < 4.78 is 0. The predicted molar refractivity (Wildman–Crippen MR) is 61.0 cm³/mol. The minimum atomic E-state index is -1.01. The quantitative estimate of drug-likeness (QED) is 0.557. The van der Waals surface area contributed by atoms with E-state index < -0.39 is 5.97 Å². The average Bonchev–Trinajstić information content (AvgIpc) is 2.29. The Bertz CT molecular complexity index is 396. The van der Waals surface area contributed by atoms with Gasteiger partial charge in [-0.15, -0.1) is 12.3 Å². The van der Waals surface area contributed by atoms with E-state index in [0.717, 1.165) is 25.1 Å². The van der Waals surface area contributed by atoms with Crippen LogP contribution < -0.4 is 5.32 Å². The highest BCUT2D eigenvalue weighted by Gasteiger charge is 2.04. The number of nitrogens with one attached hydrogen (secondary N) is 1. The van der Waals surface area contributed by atoms with Crippen LogP contribution in [0.25, 0.3) is 0 Å². The van der Waals surface area contributed by atoms with Crippen molar-refractivity contribution in [3.63, 3.8) is 0 Å². The molecule has 0 aliphatic carbocycles. The standard InChI is InChI=1S/C12H14N2O2/c1-2-3-4-8-13-9-10-6-5-7-11(14-10)12(15)16/h1,5-7,13H,3-4,8-9H2,(H,15,16). The third kappa shape index (κ3) is 4.11. The molecule has 1 aromatic rings. The van der Waals surface area contributed by atoms with Crippen LogP contribution in [0.4, 0.5) is 0 Å². The van der Waals surface area contributed by atoms with E-state index in [-0.39, 0.29) is 5.69 Å². The van der Waals surface area contributed by atoms with Gasteiger partial charge in [-0.1, -0.05) is 6.07 Å². The molecular formula is C12H14N2O2. The van der Waals surface area contributed by atoms with Gasteiger partial charge in [0, 0.05) is 13.0 Å². The summed E-state index contributed by atoms with van der Waals surface area (Å²) in [5.41, 5.74) is 0.795. The number of carboxylic acid groups (broad SMARTS) is 1. The molecule has 4 nitrogen and oxygen atoms in total. The molecule has 84 valence electrons. The Morgan fingerprint density at radius 1 is 1.56 bits per heavy atom. The summed E-state index contributed by atoms with van der Waals surface area (Å²) in [6, 6.07) is 4.96. The molecular weight excluding hydrogens is 204 g/mol. The summed E-state index contributed by atoms with van der Waals surface area (Å²) in [5.74, 6) is 1.55. The van der Waals surface area contributed by atoms with Crippen molar-refractivity contribution < 1.29 is 9.90 Å². The molecule has 0 bridgehead atoms. The molecule has 2 N–H and O–H groups in total. The normalized spacial score (nSPS) is 9.69. The molecule has 0 atom stereocenters. The SMILES string of the molecule is C#CCCCNCc1cccc(C(=O)O)n1. The van der Waals surface area contributed by atoms with Crippen LogP contribution in [0.2, 0.25) is 0 Å². The summed E-state index contributed by atoms with van der Waals surface area (Å²) in [6.45, 7) is 1.37. The van der Waals surface area contributed by atoms with Crippen LogP contribution >= 0.6 is 0 Å². The lowest BCUT2D eigenvalue weighted by Crippen LogP contribution is -2.16. The number of carboxylic acids is 1. The molecule has 0 aliphatic rings. The number of aromatic carboxylic acids is 1. The van der Waals surface area contributed by atoms with Crippen LogP contribution in [-0.4, -0.2) is 22.6 Å². The molecule has 0 saturated carbocycles. The van der Waals surface area contributed by atoms with Gasteiger partial charge in [-0.2, -0.15) is 0 Å². The monoisotopic (exact) mass is 218 g/mol. The maximum atomic E-state index is 10.7. The molecule has 0 unspecified atom stereocenters. The smallest absolute Gasteiger partial charge is 0.354 e. The first-order valence-electron chi connectivity index (χ1n) is 5.07. The number of nitrogens with zero attached hydrogens (tertiary/aromatic N) is 1. The first-order chi connectivity index (χ1) is 7.74. The van der Waals surface area contributed by atoms with Gasteiger partial charge in [-0.05, 0) is 25.1 Å². The zero-order chi connectivity index (χ0) is 11.8. The third-order valence-electron chi connectivity index (χ3n) is 2.01. The van der Waals surface area contributed by atoms with Crippen molar-refractivity contribution in [1.82, 2.24) is 10.3 Å². The summed E-state index contributed by atoms with van der Waals surface area (Å²) >= 11 is 0. The second-order valence-corrected chi connectivity index (χ2v) is 3.30. The molecule has 0 spiro atoms. The predicted octanol–water partition coefficient (Wildman–Crippen LogP) is 1.28. The first kappa shape index (κ1) is 12.2. The van der Waals surface area contributed by atoms with Crippen molar-refractivity contribution in [1.29, 1.82) is 0 Å². The second-order valence-electron chi connectivity index (χ2n) is 3.30. The number of hydrogen-bond donors (Lipinski definition) is 2. The van der Waals surface area contributed by atoms with E-state index in [1.165, 1.54) is 6.07 Å². The van der Waals surface area contributed by atoms with Crippen molar-refractivity contribution in [3.05, 3.63) is 29.6 Å². The van der Waals surface area contributed by atoms with Crippen molar-refractivity contribution in [2.75, 3.05) is 6.54 Å². The summed E-state index contributed by atoms with van der Waals surface area (Å²) in [7, 11) is 0. The van der Waals surface area contributed by atoms with E-state index >= 15 is 0 Å². The van der Waals surface area contributed by atoms with E-state index in [0.29, 0.717) is 6.54 Å². The third-order valence-corrected chi connectivity index (χ3v) is 2.01. The van der Waals surface area contributed by atoms with Gasteiger partial charge in [0.1, 0.15) is 5.69 Å². The van der Waals surface area contributed by atoms with Crippen molar-refractivity contribution >= 4 is 5.97 Å². The number of carbonyl (C=O) groups is 1. The van der Waals surface area contributed by atoms with E-state index in [9.17, 15) is 4.79 Å². The highest BCUT2D eigenvalue weighted by molar-refractivity contribution is 5.85. The van der Waals surface area contributed by atoms with E-state index in [4.69, 9.17) is 11.5 Å². The Kier molecular flexibility index (Phi) is 5.03. The fourth-order valence-corrected chi connectivity index (χ4v) is 1.23. The van der Waals surface area contributed by atoms with Crippen LogP contribution in [-0.2, 0) is 6.54 Å². The van der Waals surface area contributed by atoms with Crippen molar-refractivity contribution in [2.45, 2.75) is 19.4 Å². The fraction of sp³-hybridized carbons (Fsp3) is 0.333. The Labute approximate surface area is 94.7 Å². The highest BCUT2D eigenvalue weighted by Crippen LogP contribution is 1.99. The Morgan fingerprint density at radius 2 is 2.38 bits per heavy atom. The van der Waals surface area contributed by atoms with Gasteiger partial charge in [0.2, 0.25) is 0 Å². The van der Waals surface area contributed by atoms with E-state index in [2.05, 4.69) is 16.2 Å². The number of pyridine rings is 1. The lowest BCUT2D eigenvalue weighted by atomic mass is 10.3. The Balaban J connectivity index is 2.39. The minimum absolute atomic E-state index is 0.0722. The molecule has 16 heavy (non-hydrogen) atoms. The first-order valence-corrected chi connectivity index (χ1v) is 5.07. The molecule has 0 aromatic carbocycles. The lowest BCUT2D eigenvalue weighted by molar-refractivity contribution is 0.0690. The van der Waals surface area contributed by atoms with Gasteiger partial charge in [0.25, 0.3) is 0 Å². The van der Waals surface area contributed by atoms with Gasteiger partial charge >= 0.3 is 5.97 Å². The van der Waals surface area contributed by atoms with Crippen molar-refractivity contribution in [3.8, 4) is 12.3 Å². The van der Waals surface area contributed by atoms with Crippen molar-refractivity contribution in [2.24, 2.45) is 0 Å². The van der Waals surface area contributed by atoms with Crippen LogP contribution in [0.3, 0.4) is 0 Å². The van der Waals surface area contributed by atoms with E-state index in [1.807, 2.05) is 0 Å². The molecule has 0 aliphatic heterocycles. The second kappa shape index (κ2) is 6.59. The molecule has 0 fully saturated rings. The van der Waals surface area contributed by atoms with Crippen LogP contribution in [0.15, 0.2) is 18.2 Å². The molecule has 4 heteroatoms. The Morgan fingerprint density at radius 3 is 3.06 bits per heavy atom.